The van der Waals surface area contributed by atoms with Crippen LogP contribution in [0.15, 0.2) is 6.07 Å². The Labute approximate surface area is 145 Å². The highest BCUT2D eigenvalue weighted by atomic mass is 35.5. The van der Waals surface area contributed by atoms with E-state index in [0.717, 1.165) is 15.9 Å². The van der Waals surface area contributed by atoms with Gasteiger partial charge in [-0.25, -0.2) is 0 Å². The molecule has 2 amide bonds. The molecule has 9 heteroatoms. The number of aromatic nitrogens is 2. The van der Waals surface area contributed by atoms with E-state index in [1.54, 1.807) is 11.6 Å². The van der Waals surface area contributed by atoms with E-state index < -0.39 is 6.04 Å². The van der Waals surface area contributed by atoms with Crippen LogP contribution in [0.3, 0.4) is 0 Å². The molecule has 128 valence electrons. The van der Waals surface area contributed by atoms with Crippen molar-refractivity contribution < 1.29 is 9.59 Å². The topological polar surface area (TPSA) is 102 Å². The summed E-state index contributed by atoms with van der Waals surface area (Å²) in [4.78, 5) is 25.7. The summed E-state index contributed by atoms with van der Waals surface area (Å²) < 4.78 is 1.76. The second-order valence-electron chi connectivity index (χ2n) is 5.38. The lowest BCUT2D eigenvalue weighted by Gasteiger charge is -2.16. The van der Waals surface area contributed by atoms with Crippen molar-refractivity contribution in [3.05, 3.63) is 16.6 Å². The van der Waals surface area contributed by atoms with Gasteiger partial charge in [0, 0.05) is 25.0 Å². The Hall–Kier alpha value is -1.64. The first-order valence-corrected chi connectivity index (χ1v) is 7.89. The molecule has 0 aliphatic heterocycles. The minimum absolute atomic E-state index is 0. The summed E-state index contributed by atoms with van der Waals surface area (Å²) in [5, 5.41) is 10.7. The molecule has 0 saturated carbocycles. The molecule has 2 heterocycles. The minimum Gasteiger partial charge on any atom is -0.351 e. The van der Waals surface area contributed by atoms with E-state index in [1.807, 2.05) is 27.0 Å². The van der Waals surface area contributed by atoms with Crippen molar-refractivity contribution in [3.63, 3.8) is 0 Å². The summed E-state index contributed by atoms with van der Waals surface area (Å²) in [6, 6.07) is 1.07. The second-order valence-corrected chi connectivity index (χ2v) is 6.41. The van der Waals surface area contributed by atoms with Gasteiger partial charge in [-0.05, 0) is 26.8 Å². The van der Waals surface area contributed by atoms with Crippen LogP contribution >= 0.6 is 23.7 Å². The van der Waals surface area contributed by atoms with Gasteiger partial charge in [0.15, 0.2) is 0 Å². The largest absolute Gasteiger partial charge is 0.351 e. The van der Waals surface area contributed by atoms with Crippen molar-refractivity contribution >= 4 is 45.8 Å². The predicted molar refractivity (Wildman–Crippen MR) is 94.2 cm³/mol. The molecule has 0 spiro atoms. The zero-order valence-electron chi connectivity index (χ0n) is 13.5. The highest BCUT2D eigenvalue weighted by molar-refractivity contribution is 7.20. The maximum Gasteiger partial charge on any atom is 0.262 e. The summed E-state index contributed by atoms with van der Waals surface area (Å²) in [6.45, 7) is 5.72. The zero-order chi connectivity index (χ0) is 16.4. The third kappa shape index (κ3) is 4.21. The molecule has 7 nitrogen and oxygen atoms in total. The monoisotopic (exact) mass is 359 g/mol. The van der Waals surface area contributed by atoms with Crippen molar-refractivity contribution in [2.24, 2.45) is 12.8 Å². The average molecular weight is 360 g/mol. The molecule has 0 bridgehead atoms. The zero-order valence-corrected chi connectivity index (χ0v) is 15.2. The van der Waals surface area contributed by atoms with Gasteiger partial charge < -0.3 is 16.4 Å². The highest BCUT2D eigenvalue weighted by Crippen LogP contribution is 2.27. The number of nitrogens with one attached hydrogen (secondary N) is 2. The van der Waals surface area contributed by atoms with Crippen LogP contribution in [0.5, 0.6) is 0 Å². The number of carbonyl (C=O) groups excluding carboxylic acids is 2. The van der Waals surface area contributed by atoms with E-state index in [-0.39, 0.29) is 30.3 Å². The minimum atomic E-state index is -0.620. The third-order valence-electron chi connectivity index (χ3n) is 3.40. The van der Waals surface area contributed by atoms with Crippen molar-refractivity contribution in [1.29, 1.82) is 0 Å². The van der Waals surface area contributed by atoms with Crippen LogP contribution in [0, 0.1) is 6.92 Å². The standard InChI is InChI=1S/C14H21N5O2S.ClH/c1-7(6-15)16-12(20)9(3)17-13(21)11-5-10-8(2)18-19(4)14(10)22-11;/h5,7,9H,6,15H2,1-4H3,(H,16,20)(H,17,21);1H/t7-,9?;/m0./s1. The first kappa shape index (κ1) is 19.4. The molecule has 4 N–H and O–H groups in total. The van der Waals surface area contributed by atoms with Gasteiger partial charge >= 0.3 is 0 Å². The SMILES string of the molecule is Cc1nn(C)c2sc(C(=O)NC(C)C(=O)N[C@@H](C)CN)cc12.Cl. The Morgan fingerprint density at radius 3 is 2.61 bits per heavy atom. The number of hydrogen-bond acceptors (Lipinski definition) is 5. The fourth-order valence-electron chi connectivity index (χ4n) is 2.08. The molecule has 1 unspecified atom stereocenters. The molecule has 0 aliphatic carbocycles. The van der Waals surface area contributed by atoms with Gasteiger partial charge in [-0.1, -0.05) is 0 Å². The molecule has 0 saturated heterocycles. The highest BCUT2D eigenvalue weighted by Gasteiger charge is 2.20. The van der Waals surface area contributed by atoms with E-state index in [2.05, 4.69) is 15.7 Å². The van der Waals surface area contributed by atoms with Crippen molar-refractivity contribution in [3.8, 4) is 0 Å². The van der Waals surface area contributed by atoms with E-state index in [1.165, 1.54) is 11.3 Å². The van der Waals surface area contributed by atoms with Gasteiger partial charge in [0.05, 0.1) is 10.6 Å². The molecule has 2 aromatic heterocycles. The Morgan fingerprint density at radius 2 is 2.04 bits per heavy atom. The molecule has 0 aromatic carbocycles. The van der Waals surface area contributed by atoms with Crippen LogP contribution < -0.4 is 16.4 Å². The third-order valence-corrected chi connectivity index (χ3v) is 4.60. The van der Waals surface area contributed by atoms with E-state index in [9.17, 15) is 9.59 Å². The molecular formula is C14H22ClN5O2S. The number of fused-ring (bicyclic) bond motifs is 1. The van der Waals surface area contributed by atoms with Gasteiger partial charge in [0.25, 0.3) is 5.91 Å². The Kier molecular flexibility index (Phi) is 6.55. The summed E-state index contributed by atoms with van der Waals surface area (Å²) in [5.74, 6) is -0.506. The Balaban J connectivity index is 0.00000264. The molecular weight excluding hydrogens is 338 g/mol. The maximum atomic E-state index is 12.3. The summed E-state index contributed by atoms with van der Waals surface area (Å²) in [7, 11) is 1.85. The van der Waals surface area contributed by atoms with Crippen LogP contribution in [0.4, 0.5) is 0 Å². The number of thiophene rings is 1. The fraction of sp³-hybridized carbons (Fsp3) is 0.500. The van der Waals surface area contributed by atoms with Crippen molar-refractivity contribution in [2.45, 2.75) is 32.9 Å². The normalized spacial score (nSPS) is 13.3. The summed E-state index contributed by atoms with van der Waals surface area (Å²) in [6.07, 6.45) is 0. The molecule has 2 aromatic rings. The number of nitrogens with zero attached hydrogens (tertiary/aromatic N) is 2. The lowest BCUT2D eigenvalue weighted by Crippen LogP contribution is -2.48. The Bertz CT molecular complexity index is 677. The van der Waals surface area contributed by atoms with E-state index >= 15 is 0 Å². The summed E-state index contributed by atoms with van der Waals surface area (Å²) in [5.41, 5.74) is 6.35. The van der Waals surface area contributed by atoms with Crippen LogP contribution in [-0.4, -0.2) is 40.2 Å². The number of aryl methyl sites for hydroxylation is 2. The number of halogens is 1. The lowest BCUT2D eigenvalue weighted by molar-refractivity contribution is -0.123. The molecule has 2 atom stereocenters. The lowest BCUT2D eigenvalue weighted by atomic mass is 10.2. The first-order valence-electron chi connectivity index (χ1n) is 7.08. The molecule has 0 aliphatic rings. The average Bonchev–Trinajstić information content (AvgIpc) is 3.01. The van der Waals surface area contributed by atoms with Crippen LogP contribution in [-0.2, 0) is 11.8 Å². The van der Waals surface area contributed by atoms with Gasteiger partial charge in [0.1, 0.15) is 10.9 Å². The van der Waals surface area contributed by atoms with Gasteiger partial charge in [-0.15, -0.1) is 23.7 Å². The van der Waals surface area contributed by atoms with Gasteiger partial charge in [0.2, 0.25) is 5.91 Å². The van der Waals surface area contributed by atoms with Gasteiger partial charge in [-0.2, -0.15) is 5.10 Å². The number of carbonyl (C=O) groups is 2. The van der Waals surface area contributed by atoms with Crippen LogP contribution in [0.2, 0.25) is 0 Å². The molecule has 0 radical (unpaired) electrons. The van der Waals surface area contributed by atoms with Crippen molar-refractivity contribution in [1.82, 2.24) is 20.4 Å². The van der Waals surface area contributed by atoms with E-state index in [4.69, 9.17) is 5.73 Å². The Morgan fingerprint density at radius 1 is 1.39 bits per heavy atom. The number of hydrogen-bond donors (Lipinski definition) is 3. The smallest absolute Gasteiger partial charge is 0.262 e. The van der Waals surface area contributed by atoms with Crippen LogP contribution in [0.25, 0.3) is 10.2 Å². The maximum absolute atomic E-state index is 12.3. The quantitative estimate of drug-likeness (QED) is 0.739. The molecule has 23 heavy (non-hydrogen) atoms. The second kappa shape index (κ2) is 7.76. The summed E-state index contributed by atoms with van der Waals surface area (Å²) >= 11 is 1.36. The van der Waals surface area contributed by atoms with E-state index in [0.29, 0.717) is 11.4 Å². The predicted octanol–water partition coefficient (Wildman–Crippen LogP) is 0.947. The van der Waals surface area contributed by atoms with Crippen LogP contribution in [0.1, 0.15) is 29.2 Å². The molecule has 0 fully saturated rings. The molecule has 2 rings (SSSR count). The van der Waals surface area contributed by atoms with Crippen molar-refractivity contribution in [2.75, 3.05) is 6.54 Å². The number of amides is 2. The number of nitrogens with two attached hydrogens (primary N) is 1. The number of rotatable bonds is 5. The van der Waals surface area contributed by atoms with Gasteiger partial charge in [-0.3, -0.25) is 14.3 Å². The first-order chi connectivity index (χ1) is 10.3. The fourth-order valence-corrected chi connectivity index (χ4v) is 3.10.